The summed E-state index contributed by atoms with van der Waals surface area (Å²) >= 11 is 1.67. The van der Waals surface area contributed by atoms with Gasteiger partial charge in [0.2, 0.25) is 0 Å². The summed E-state index contributed by atoms with van der Waals surface area (Å²) < 4.78 is 4.75. The van der Waals surface area contributed by atoms with Crippen molar-refractivity contribution in [3.8, 4) is 0 Å². The molecular formula is C9H17IO2. The van der Waals surface area contributed by atoms with Crippen LogP contribution < -0.4 is 0 Å². The molecule has 0 aromatic heterocycles. The summed E-state index contributed by atoms with van der Waals surface area (Å²) in [7, 11) is 0. The summed E-state index contributed by atoms with van der Waals surface area (Å²) in [5, 5.41) is 0. The van der Waals surface area contributed by atoms with Gasteiger partial charge in [-0.2, -0.15) is 0 Å². The molecule has 0 radical (unpaired) electrons. The fourth-order valence-corrected chi connectivity index (χ4v) is 1.26. The number of ether oxygens (including phenoxy) is 1. The third-order valence-corrected chi connectivity index (χ3v) is 2.29. The number of unbranched alkanes of at least 4 members (excludes halogenated alkanes) is 1. The highest BCUT2D eigenvalue weighted by atomic mass is 127. The molecule has 3 heteroatoms. The van der Waals surface area contributed by atoms with E-state index >= 15 is 0 Å². The third kappa shape index (κ3) is 6.88. The Labute approximate surface area is 88.2 Å². The molecule has 0 N–H and O–H groups in total. The first-order valence-electron chi connectivity index (χ1n) is 4.52. The molecule has 1 unspecified atom stereocenters. The van der Waals surface area contributed by atoms with E-state index in [1.165, 1.54) is 19.3 Å². The number of hydrogen-bond donors (Lipinski definition) is 0. The van der Waals surface area contributed by atoms with Gasteiger partial charge in [-0.1, -0.05) is 33.1 Å². The van der Waals surface area contributed by atoms with Gasteiger partial charge in [0.1, 0.15) is 0 Å². The van der Waals surface area contributed by atoms with Crippen LogP contribution in [-0.4, -0.2) is 10.6 Å². The maximum Gasteiger partial charge on any atom is 0.367 e. The Bertz CT molecular complexity index is 126. The van der Waals surface area contributed by atoms with Crippen LogP contribution in [0.5, 0.6) is 0 Å². The molecule has 2 nitrogen and oxygen atoms in total. The van der Waals surface area contributed by atoms with E-state index in [9.17, 15) is 4.79 Å². The average Bonchev–Trinajstić information content (AvgIpc) is 2.05. The van der Waals surface area contributed by atoms with E-state index in [2.05, 4.69) is 13.8 Å². The summed E-state index contributed by atoms with van der Waals surface area (Å²) in [5.74, 6) is 0.559. The second kappa shape index (κ2) is 7.83. The van der Waals surface area contributed by atoms with Crippen LogP contribution in [0.25, 0.3) is 0 Å². The van der Waals surface area contributed by atoms with E-state index in [1.807, 2.05) is 0 Å². The summed E-state index contributed by atoms with van der Waals surface area (Å²) in [4.78, 5) is 10.5. The van der Waals surface area contributed by atoms with Crippen molar-refractivity contribution in [3.63, 3.8) is 0 Å². The smallest absolute Gasteiger partial charge is 0.367 e. The maximum absolute atomic E-state index is 10.5. The van der Waals surface area contributed by atoms with Crippen LogP contribution in [0.3, 0.4) is 0 Å². The van der Waals surface area contributed by atoms with Crippen molar-refractivity contribution < 1.29 is 9.53 Å². The average molecular weight is 284 g/mol. The Morgan fingerprint density at radius 2 is 2.17 bits per heavy atom. The van der Waals surface area contributed by atoms with Gasteiger partial charge in [-0.05, 0) is 12.3 Å². The van der Waals surface area contributed by atoms with Crippen molar-refractivity contribution >= 4 is 26.6 Å². The van der Waals surface area contributed by atoms with Crippen LogP contribution in [0.4, 0.5) is 4.79 Å². The van der Waals surface area contributed by atoms with Crippen LogP contribution in [0.2, 0.25) is 0 Å². The summed E-state index contributed by atoms with van der Waals surface area (Å²) in [5.41, 5.74) is 0. The molecule has 0 spiro atoms. The molecule has 0 aliphatic carbocycles. The van der Waals surface area contributed by atoms with E-state index in [0.717, 1.165) is 6.42 Å². The Morgan fingerprint density at radius 1 is 1.50 bits per heavy atom. The maximum atomic E-state index is 10.5. The Hall–Kier alpha value is 0.200. The molecule has 0 aromatic rings. The molecule has 0 bridgehead atoms. The predicted molar refractivity (Wildman–Crippen MR) is 58.7 cm³/mol. The van der Waals surface area contributed by atoms with Crippen LogP contribution >= 0.6 is 22.6 Å². The normalized spacial score (nSPS) is 12.6. The molecule has 0 aliphatic rings. The zero-order valence-electron chi connectivity index (χ0n) is 7.81. The highest BCUT2D eigenvalue weighted by Crippen LogP contribution is 2.13. The number of carbonyl (C=O) groups excluding carboxylic acids is 1. The molecular weight excluding hydrogens is 267 g/mol. The van der Waals surface area contributed by atoms with Crippen molar-refractivity contribution in [2.75, 3.05) is 6.61 Å². The van der Waals surface area contributed by atoms with E-state index in [0.29, 0.717) is 12.5 Å². The second-order valence-electron chi connectivity index (χ2n) is 2.97. The van der Waals surface area contributed by atoms with Crippen molar-refractivity contribution in [1.82, 2.24) is 0 Å². The van der Waals surface area contributed by atoms with Gasteiger partial charge < -0.3 is 4.74 Å². The topological polar surface area (TPSA) is 26.3 Å². The standard InChI is InChI=1S/C9H17IO2/c1-3-5-6-8(4-2)7-12-9(10)11/h8H,3-7H2,1-2H3. The first kappa shape index (κ1) is 12.2. The second-order valence-corrected chi connectivity index (χ2v) is 3.85. The zero-order chi connectivity index (χ0) is 9.40. The van der Waals surface area contributed by atoms with Gasteiger partial charge in [0.25, 0.3) is 0 Å². The summed E-state index contributed by atoms with van der Waals surface area (Å²) in [6.45, 7) is 4.91. The molecule has 72 valence electrons. The first-order valence-corrected chi connectivity index (χ1v) is 5.60. The van der Waals surface area contributed by atoms with E-state index < -0.39 is 0 Å². The molecule has 1 atom stereocenters. The van der Waals surface area contributed by atoms with Gasteiger partial charge in [0, 0.05) is 0 Å². The SMILES string of the molecule is CCCCC(CC)COC(=O)I. The van der Waals surface area contributed by atoms with Crippen LogP contribution in [0.1, 0.15) is 39.5 Å². The van der Waals surface area contributed by atoms with Gasteiger partial charge in [0.15, 0.2) is 0 Å². The van der Waals surface area contributed by atoms with Gasteiger partial charge in [-0.15, -0.1) is 0 Å². The van der Waals surface area contributed by atoms with Crippen molar-refractivity contribution in [1.29, 1.82) is 0 Å². The molecule has 0 aromatic carbocycles. The molecule has 0 rings (SSSR count). The van der Waals surface area contributed by atoms with Gasteiger partial charge in [-0.3, -0.25) is 0 Å². The van der Waals surface area contributed by atoms with Gasteiger partial charge in [-0.25, -0.2) is 4.79 Å². The Balaban J connectivity index is 3.45. The lowest BCUT2D eigenvalue weighted by Gasteiger charge is -2.12. The van der Waals surface area contributed by atoms with Gasteiger partial charge in [0.05, 0.1) is 29.2 Å². The van der Waals surface area contributed by atoms with Gasteiger partial charge >= 0.3 is 3.98 Å². The summed E-state index contributed by atoms with van der Waals surface area (Å²) in [6, 6.07) is 0. The molecule has 0 heterocycles. The lowest BCUT2D eigenvalue weighted by molar-refractivity contribution is 0.151. The number of hydrogen-bond acceptors (Lipinski definition) is 2. The highest BCUT2D eigenvalue weighted by molar-refractivity contribution is 14.1. The van der Waals surface area contributed by atoms with Crippen molar-refractivity contribution in [3.05, 3.63) is 0 Å². The lowest BCUT2D eigenvalue weighted by Crippen LogP contribution is -2.09. The minimum absolute atomic E-state index is 0.192. The summed E-state index contributed by atoms with van der Waals surface area (Å²) in [6.07, 6.45) is 4.73. The lowest BCUT2D eigenvalue weighted by atomic mass is 10.0. The van der Waals surface area contributed by atoms with E-state index in [4.69, 9.17) is 4.74 Å². The van der Waals surface area contributed by atoms with E-state index in [1.54, 1.807) is 22.6 Å². The fraction of sp³-hybridized carbons (Fsp3) is 0.889. The zero-order valence-corrected chi connectivity index (χ0v) is 9.96. The monoisotopic (exact) mass is 284 g/mol. The largest absolute Gasteiger partial charge is 0.458 e. The molecule has 12 heavy (non-hydrogen) atoms. The van der Waals surface area contributed by atoms with Crippen molar-refractivity contribution in [2.24, 2.45) is 5.92 Å². The third-order valence-electron chi connectivity index (χ3n) is 1.98. The minimum atomic E-state index is -0.192. The number of carbonyl (C=O) groups is 1. The van der Waals surface area contributed by atoms with Crippen molar-refractivity contribution in [2.45, 2.75) is 39.5 Å². The molecule has 0 saturated heterocycles. The molecule has 0 aliphatic heterocycles. The fourth-order valence-electron chi connectivity index (χ4n) is 1.08. The predicted octanol–water partition coefficient (Wildman–Crippen LogP) is 3.77. The van der Waals surface area contributed by atoms with E-state index in [-0.39, 0.29) is 3.98 Å². The van der Waals surface area contributed by atoms with Crippen LogP contribution in [0.15, 0.2) is 0 Å². The minimum Gasteiger partial charge on any atom is -0.458 e. The Kier molecular flexibility index (Phi) is 7.96. The molecule has 0 fully saturated rings. The van der Waals surface area contributed by atoms with Crippen LogP contribution in [-0.2, 0) is 4.74 Å². The number of rotatable bonds is 6. The first-order chi connectivity index (χ1) is 5.70. The molecule has 0 amide bonds. The Morgan fingerprint density at radius 3 is 2.58 bits per heavy atom. The quantitative estimate of drug-likeness (QED) is 0.548. The highest BCUT2D eigenvalue weighted by Gasteiger charge is 2.07. The number of halogens is 1. The molecule has 0 saturated carbocycles. The van der Waals surface area contributed by atoms with Crippen LogP contribution in [0, 0.1) is 5.92 Å².